The molecule has 0 spiro atoms. The van der Waals surface area contributed by atoms with Gasteiger partial charge < -0.3 is 5.32 Å². The number of hydrogen-bond donors (Lipinski definition) is 2. The van der Waals surface area contributed by atoms with Crippen LogP contribution in [0.4, 0.5) is 10.5 Å². The van der Waals surface area contributed by atoms with Crippen LogP contribution in [0.3, 0.4) is 0 Å². The third-order valence-electron chi connectivity index (χ3n) is 3.13. The second-order valence-electron chi connectivity index (χ2n) is 4.71. The Morgan fingerprint density at radius 2 is 1.82 bits per heavy atom. The smallest absolute Gasteiger partial charge is 0.304 e. The average Bonchev–Trinajstić information content (AvgIpc) is 2.56. The molecular formula is C17H15N3O2. The quantitative estimate of drug-likeness (QED) is 0.724. The lowest BCUT2D eigenvalue weighted by Crippen LogP contribution is -2.28. The lowest BCUT2D eigenvalue weighted by molar-refractivity contribution is 0.0536. The number of carbonyl (C=O) groups is 1. The van der Waals surface area contributed by atoms with Gasteiger partial charge in [0.05, 0.1) is 17.8 Å². The highest BCUT2D eigenvalue weighted by Gasteiger charge is 2.06. The Balaban J connectivity index is 1.59. The molecular weight excluding hydrogens is 278 g/mol. The minimum Gasteiger partial charge on any atom is -0.304 e. The predicted molar refractivity (Wildman–Crippen MR) is 85.1 cm³/mol. The third-order valence-corrected chi connectivity index (χ3v) is 3.13. The minimum absolute atomic E-state index is 0.308. The van der Waals surface area contributed by atoms with Gasteiger partial charge in [-0.2, -0.15) is 0 Å². The number of para-hydroxylation sites is 1. The molecule has 3 aromatic rings. The van der Waals surface area contributed by atoms with Crippen LogP contribution in [-0.4, -0.2) is 11.0 Å². The van der Waals surface area contributed by atoms with Crippen LogP contribution in [0.1, 0.15) is 5.56 Å². The molecule has 5 heteroatoms. The maximum atomic E-state index is 11.9. The Morgan fingerprint density at radius 1 is 1.00 bits per heavy atom. The maximum Gasteiger partial charge on any atom is 0.343 e. The van der Waals surface area contributed by atoms with E-state index in [9.17, 15) is 4.79 Å². The highest BCUT2D eigenvalue weighted by Crippen LogP contribution is 2.20. The Bertz CT molecular complexity index is 770. The Kier molecular flexibility index (Phi) is 4.27. The first-order valence-electron chi connectivity index (χ1n) is 6.89. The maximum absolute atomic E-state index is 11.9. The number of hydroxylamine groups is 1. The summed E-state index contributed by atoms with van der Waals surface area (Å²) in [5, 5.41) is 3.70. The van der Waals surface area contributed by atoms with E-state index in [4.69, 9.17) is 4.84 Å². The third kappa shape index (κ3) is 3.39. The van der Waals surface area contributed by atoms with Gasteiger partial charge in [-0.15, -0.1) is 0 Å². The fraction of sp³-hybridized carbons (Fsp3) is 0.0588. The molecule has 22 heavy (non-hydrogen) atoms. The molecule has 0 atom stereocenters. The van der Waals surface area contributed by atoms with Crippen molar-refractivity contribution in [2.45, 2.75) is 6.61 Å². The summed E-state index contributed by atoms with van der Waals surface area (Å²) in [6.07, 6.45) is 1.69. The van der Waals surface area contributed by atoms with E-state index in [1.807, 2.05) is 54.6 Å². The lowest BCUT2D eigenvalue weighted by atomic mass is 10.2. The summed E-state index contributed by atoms with van der Waals surface area (Å²) in [7, 11) is 0. The number of fused-ring (bicyclic) bond motifs is 1. The van der Waals surface area contributed by atoms with Gasteiger partial charge in [-0.25, -0.2) is 10.3 Å². The summed E-state index contributed by atoms with van der Waals surface area (Å²) in [5.74, 6) is 0. The molecule has 0 aliphatic carbocycles. The van der Waals surface area contributed by atoms with Crippen LogP contribution in [0.5, 0.6) is 0 Å². The highest BCUT2D eigenvalue weighted by molar-refractivity contribution is 5.99. The number of pyridine rings is 1. The van der Waals surface area contributed by atoms with Gasteiger partial charge in [0.1, 0.15) is 0 Å². The normalized spacial score (nSPS) is 10.4. The minimum atomic E-state index is -0.436. The van der Waals surface area contributed by atoms with E-state index >= 15 is 0 Å². The zero-order valence-corrected chi connectivity index (χ0v) is 11.8. The van der Waals surface area contributed by atoms with Gasteiger partial charge in [0, 0.05) is 11.6 Å². The molecule has 0 aliphatic rings. The molecule has 3 rings (SSSR count). The molecule has 0 unspecified atom stereocenters. The standard InChI is InChI=1S/C17H15N3O2/c21-17(20-22-12-13-6-2-1-3-7-13)19-15-10-4-8-14-9-5-11-18-16(14)15/h1-11H,12H2,(H2,19,20,21). The van der Waals surface area contributed by atoms with Crippen LogP contribution in [0.25, 0.3) is 10.9 Å². The zero-order chi connectivity index (χ0) is 15.2. The number of benzene rings is 2. The molecule has 0 saturated carbocycles. The Morgan fingerprint density at radius 3 is 2.68 bits per heavy atom. The Hall–Kier alpha value is -2.92. The van der Waals surface area contributed by atoms with Gasteiger partial charge in [0.15, 0.2) is 0 Å². The van der Waals surface area contributed by atoms with Crippen LogP contribution >= 0.6 is 0 Å². The number of amides is 2. The number of aromatic nitrogens is 1. The fourth-order valence-electron chi connectivity index (χ4n) is 2.11. The number of nitrogens with one attached hydrogen (secondary N) is 2. The van der Waals surface area contributed by atoms with Crippen LogP contribution in [0.2, 0.25) is 0 Å². The Labute approximate surface area is 127 Å². The van der Waals surface area contributed by atoms with Crippen LogP contribution in [0.15, 0.2) is 66.9 Å². The average molecular weight is 293 g/mol. The molecule has 0 saturated heterocycles. The van der Waals surface area contributed by atoms with Crippen molar-refractivity contribution in [3.8, 4) is 0 Å². The molecule has 0 radical (unpaired) electrons. The summed E-state index contributed by atoms with van der Waals surface area (Å²) < 4.78 is 0. The van der Waals surface area contributed by atoms with Crippen molar-refractivity contribution >= 4 is 22.6 Å². The van der Waals surface area contributed by atoms with Crippen molar-refractivity contribution in [2.24, 2.45) is 0 Å². The summed E-state index contributed by atoms with van der Waals surface area (Å²) >= 11 is 0. The first kappa shape index (κ1) is 14.0. The topological polar surface area (TPSA) is 63.2 Å². The molecule has 2 amide bonds. The van der Waals surface area contributed by atoms with Gasteiger partial charge in [-0.3, -0.25) is 9.82 Å². The van der Waals surface area contributed by atoms with Crippen molar-refractivity contribution < 1.29 is 9.63 Å². The SMILES string of the molecule is O=C(NOCc1ccccc1)Nc1cccc2cccnc12. The fourth-order valence-corrected chi connectivity index (χ4v) is 2.11. The second kappa shape index (κ2) is 6.69. The highest BCUT2D eigenvalue weighted by atomic mass is 16.7. The number of urea groups is 1. The van der Waals surface area contributed by atoms with E-state index in [2.05, 4.69) is 15.8 Å². The van der Waals surface area contributed by atoms with Crippen molar-refractivity contribution in [1.82, 2.24) is 10.5 Å². The van der Waals surface area contributed by atoms with Crippen molar-refractivity contribution in [3.63, 3.8) is 0 Å². The van der Waals surface area contributed by atoms with Gasteiger partial charge in [-0.1, -0.05) is 48.5 Å². The van der Waals surface area contributed by atoms with E-state index in [1.165, 1.54) is 0 Å². The van der Waals surface area contributed by atoms with E-state index in [-0.39, 0.29) is 0 Å². The summed E-state index contributed by atoms with van der Waals surface area (Å²) in [6, 6.07) is 18.6. The van der Waals surface area contributed by atoms with E-state index in [1.54, 1.807) is 12.3 Å². The van der Waals surface area contributed by atoms with Gasteiger partial charge >= 0.3 is 6.03 Å². The van der Waals surface area contributed by atoms with Gasteiger partial charge in [-0.05, 0) is 17.7 Å². The molecule has 2 aromatic carbocycles. The molecule has 2 N–H and O–H groups in total. The monoisotopic (exact) mass is 293 g/mol. The number of nitrogens with zero attached hydrogens (tertiary/aromatic N) is 1. The molecule has 0 bridgehead atoms. The first-order chi connectivity index (χ1) is 10.8. The summed E-state index contributed by atoms with van der Waals surface area (Å²) in [4.78, 5) is 21.3. The zero-order valence-electron chi connectivity index (χ0n) is 11.8. The largest absolute Gasteiger partial charge is 0.343 e. The van der Waals surface area contributed by atoms with E-state index in [0.717, 1.165) is 16.5 Å². The molecule has 0 fully saturated rings. The molecule has 5 nitrogen and oxygen atoms in total. The number of hydrogen-bond acceptors (Lipinski definition) is 3. The van der Waals surface area contributed by atoms with Crippen LogP contribution in [0, 0.1) is 0 Å². The van der Waals surface area contributed by atoms with Gasteiger partial charge in [0.2, 0.25) is 0 Å². The molecule has 0 aliphatic heterocycles. The number of carbonyl (C=O) groups excluding carboxylic acids is 1. The lowest BCUT2D eigenvalue weighted by Gasteiger charge is -2.09. The van der Waals surface area contributed by atoms with Crippen molar-refractivity contribution in [1.29, 1.82) is 0 Å². The number of rotatable bonds is 4. The summed E-state index contributed by atoms with van der Waals surface area (Å²) in [5.41, 5.74) is 4.72. The second-order valence-corrected chi connectivity index (χ2v) is 4.71. The number of anilines is 1. The van der Waals surface area contributed by atoms with Crippen LogP contribution < -0.4 is 10.8 Å². The molecule has 1 aromatic heterocycles. The summed E-state index contributed by atoms with van der Waals surface area (Å²) in [6.45, 7) is 0.308. The molecule has 110 valence electrons. The van der Waals surface area contributed by atoms with Gasteiger partial charge in [0.25, 0.3) is 0 Å². The van der Waals surface area contributed by atoms with Crippen molar-refractivity contribution in [3.05, 3.63) is 72.4 Å². The molecule has 1 heterocycles. The first-order valence-corrected chi connectivity index (χ1v) is 6.89. The van der Waals surface area contributed by atoms with E-state index < -0.39 is 6.03 Å². The van der Waals surface area contributed by atoms with E-state index in [0.29, 0.717) is 12.3 Å². The predicted octanol–water partition coefficient (Wildman–Crippen LogP) is 3.49. The van der Waals surface area contributed by atoms with Crippen molar-refractivity contribution in [2.75, 3.05) is 5.32 Å². The van der Waals surface area contributed by atoms with Crippen LogP contribution in [-0.2, 0) is 11.4 Å².